The molecule has 2 amide bonds. The highest BCUT2D eigenvalue weighted by molar-refractivity contribution is 5.95. The van der Waals surface area contributed by atoms with Gasteiger partial charge in [0.05, 0.1) is 12.1 Å². The molecule has 0 unspecified atom stereocenters. The first-order chi connectivity index (χ1) is 19.4. The molecule has 2 fully saturated rings. The first-order valence-electron chi connectivity index (χ1n) is 15.2. The number of benzene rings is 1. The molecular weight excluding hydrogens is 520 g/mol. The lowest BCUT2D eigenvalue weighted by molar-refractivity contribution is -0.124. The highest BCUT2D eigenvalue weighted by Crippen LogP contribution is 2.39. The highest BCUT2D eigenvalue weighted by Gasteiger charge is 2.50. The standard InChI is InChI=1S/C32H52N4O5/c1-8-24-10-11-25(16-28(24)41-15-9-14-40-7)30(39)36(22(2)3)21-27-19-33-18-26(27)20-34-32(12-13-32)29(38)17-31(5,6)35-23(4)37/h10-11,16,22,26-27,33-34H,8-9,12-15,17-21H2,1-7H3,(H,35,37)/t26-,27-/m0/s1. The lowest BCUT2D eigenvalue weighted by Crippen LogP contribution is -2.50. The summed E-state index contributed by atoms with van der Waals surface area (Å²) in [7, 11) is 1.68. The van der Waals surface area contributed by atoms with Crippen LogP contribution in [0.2, 0.25) is 0 Å². The van der Waals surface area contributed by atoms with Gasteiger partial charge in [-0.2, -0.15) is 0 Å². The smallest absolute Gasteiger partial charge is 0.254 e. The van der Waals surface area contributed by atoms with Crippen molar-refractivity contribution in [2.45, 2.75) is 90.8 Å². The molecular formula is C32H52N4O5. The van der Waals surface area contributed by atoms with Gasteiger partial charge in [-0.05, 0) is 83.0 Å². The second-order valence-electron chi connectivity index (χ2n) is 12.7. The molecule has 9 heteroatoms. The van der Waals surface area contributed by atoms with Gasteiger partial charge in [0, 0.05) is 70.3 Å². The van der Waals surface area contributed by atoms with Crippen LogP contribution in [0.3, 0.4) is 0 Å². The van der Waals surface area contributed by atoms with Gasteiger partial charge in [-0.15, -0.1) is 0 Å². The number of ether oxygens (including phenoxy) is 2. The van der Waals surface area contributed by atoms with E-state index in [0.717, 1.165) is 56.6 Å². The summed E-state index contributed by atoms with van der Waals surface area (Å²) in [4.78, 5) is 40.5. The number of carbonyl (C=O) groups is 3. The van der Waals surface area contributed by atoms with E-state index in [2.05, 4.69) is 36.7 Å². The number of hydrogen-bond donors (Lipinski definition) is 3. The zero-order valence-corrected chi connectivity index (χ0v) is 26.2. The van der Waals surface area contributed by atoms with Crippen LogP contribution in [0, 0.1) is 11.8 Å². The predicted molar refractivity (Wildman–Crippen MR) is 161 cm³/mol. The third kappa shape index (κ3) is 9.25. The fourth-order valence-electron chi connectivity index (χ4n) is 5.78. The number of rotatable bonds is 17. The van der Waals surface area contributed by atoms with Crippen LogP contribution in [0.5, 0.6) is 5.75 Å². The summed E-state index contributed by atoms with van der Waals surface area (Å²) in [5.41, 5.74) is 0.671. The van der Waals surface area contributed by atoms with E-state index in [0.29, 0.717) is 37.7 Å². The largest absolute Gasteiger partial charge is 0.493 e. The molecule has 2 aliphatic rings. The van der Waals surface area contributed by atoms with Crippen molar-refractivity contribution >= 4 is 17.6 Å². The van der Waals surface area contributed by atoms with Crippen LogP contribution >= 0.6 is 0 Å². The van der Waals surface area contributed by atoms with Crippen molar-refractivity contribution in [2.75, 3.05) is 46.5 Å². The molecule has 0 spiro atoms. The van der Waals surface area contributed by atoms with Crippen molar-refractivity contribution in [1.29, 1.82) is 0 Å². The Labute approximate surface area is 246 Å². The summed E-state index contributed by atoms with van der Waals surface area (Å²) in [5, 5.41) is 9.99. The maximum atomic E-state index is 13.8. The minimum absolute atomic E-state index is 0.0112. The van der Waals surface area contributed by atoms with E-state index in [1.165, 1.54) is 6.92 Å². The van der Waals surface area contributed by atoms with Gasteiger partial charge in [0.2, 0.25) is 5.91 Å². The Morgan fingerprint density at radius 1 is 1.15 bits per heavy atom. The third-order valence-electron chi connectivity index (χ3n) is 8.34. The topological polar surface area (TPSA) is 109 Å². The van der Waals surface area contributed by atoms with Crippen molar-refractivity contribution in [1.82, 2.24) is 20.9 Å². The Kier molecular flexibility index (Phi) is 11.8. The van der Waals surface area contributed by atoms with Crippen molar-refractivity contribution in [3.8, 4) is 5.75 Å². The second kappa shape index (κ2) is 14.6. The third-order valence-corrected chi connectivity index (χ3v) is 8.34. The molecule has 0 aromatic heterocycles. The van der Waals surface area contributed by atoms with Crippen LogP contribution in [0.4, 0.5) is 0 Å². The summed E-state index contributed by atoms with van der Waals surface area (Å²) in [6, 6.07) is 5.84. The molecule has 1 saturated carbocycles. The van der Waals surface area contributed by atoms with E-state index in [9.17, 15) is 14.4 Å². The molecule has 230 valence electrons. The number of methoxy groups -OCH3 is 1. The van der Waals surface area contributed by atoms with Gasteiger partial charge in [0.15, 0.2) is 5.78 Å². The molecule has 3 N–H and O–H groups in total. The molecule has 9 nitrogen and oxygen atoms in total. The van der Waals surface area contributed by atoms with Crippen molar-refractivity contribution in [3.63, 3.8) is 0 Å². The average molecular weight is 573 g/mol. The number of hydrogen-bond acceptors (Lipinski definition) is 7. The number of Topliss-reactive ketones (excluding diaryl/α,β-unsaturated/α-hetero) is 1. The minimum Gasteiger partial charge on any atom is -0.493 e. The minimum atomic E-state index is -0.570. The van der Waals surface area contributed by atoms with Crippen LogP contribution in [0.1, 0.15) is 83.1 Å². The monoisotopic (exact) mass is 572 g/mol. The van der Waals surface area contributed by atoms with Crippen LogP contribution in [0.25, 0.3) is 0 Å². The van der Waals surface area contributed by atoms with Gasteiger partial charge in [-0.1, -0.05) is 13.0 Å². The summed E-state index contributed by atoms with van der Waals surface area (Å²) in [6.07, 6.45) is 3.58. The number of ketones is 1. The quantitative estimate of drug-likeness (QED) is 0.246. The second-order valence-corrected chi connectivity index (χ2v) is 12.7. The molecule has 1 aromatic carbocycles. The van der Waals surface area contributed by atoms with Crippen LogP contribution in [0.15, 0.2) is 18.2 Å². The van der Waals surface area contributed by atoms with Gasteiger partial charge in [0.25, 0.3) is 5.91 Å². The van der Waals surface area contributed by atoms with Gasteiger partial charge in [-0.3, -0.25) is 14.4 Å². The molecule has 41 heavy (non-hydrogen) atoms. The van der Waals surface area contributed by atoms with Gasteiger partial charge < -0.3 is 30.3 Å². The fraction of sp³-hybridized carbons (Fsp3) is 0.719. The molecule has 0 bridgehead atoms. The normalized spacial score (nSPS) is 19.7. The zero-order valence-electron chi connectivity index (χ0n) is 26.2. The fourth-order valence-corrected chi connectivity index (χ4v) is 5.78. The Morgan fingerprint density at radius 2 is 1.85 bits per heavy atom. The maximum Gasteiger partial charge on any atom is 0.254 e. The Morgan fingerprint density at radius 3 is 2.46 bits per heavy atom. The van der Waals surface area contributed by atoms with Crippen molar-refractivity contribution < 1.29 is 23.9 Å². The van der Waals surface area contributed by atoms with E-state index in [1.807, 2.05) is 36.9 Å². The molecule has 1 aliphatic heterocycles. The van der Waals surface area contributed by atoms with E-state index in [1.54, 1.807) is 7.11 Å². The number of nitrogens with zero attached hydrogens (tertiary/aromatic N) is 1. The SMILES string of the molecule is CCc1ccc(C(=O)N(C[C@@H]2CNC[C@H]2CNC2(C(=O)CC(C)(C)NC(C)=O)CC2)C(C)C)cc1OCCCOC. The molecule has 2 atom stereocenters. The average Bonchev–Trinajstić information content (AvgIpc) is 3.58. The Hall–Kier alpha value is -2.49. The van der Waals surface area contributed by atoms with E-state index in [-0.39, 0.29) is 29.6 Å². The van der Waals surface area contributed by atoms with Crippen LogP contribution in [-0.4, -0.2) is 86.1 Å². The first kappa shape index (κ1) is 33.0. The molecule has 1 aromatic rings. The molecule has 1 aliphatic carbocycles. The first-order valence-corrected chi connectivity index (χ1v) is 15.2. The molecule has 1 heterocycles. The van der Waals surface area contributed by atoms with Crippen molar-refractivity contribution in [2.24, 2.45) is 11.8 Å². The number of aryl methyl sites for hydroxylation is 1. The highest BCUT2D eigenvalue weighted by atomic mass is 16.5. The maximum absolute atomic E-state index is 13.8. The summed E-state index contributed by atoms with van der Waals surface area (Å²) >= 11 is 0. The van der Waals surface area contributed by atoms with E-state index >= 15 is 0 Å². The predicted octanol–water partition coefficient (Wildman–Crippen LogP) is 3.35. The number of nitrogens with one attached hydrogen (secondary N) is 3. The van der Waals surface area contributed by atoms with Crippen molar-refractivity contribution in [3.05, 3.63) is 29.3 Å². The van der Waals surface area contributed by atoms with Gasteiger partial charge in [0.1, 0.15) is 5.75 Å². The number of amides is 2. The lowest BCUT2D eigenvalue weighted by Gasteiger charge is -2.32. The summed E-state index contributed by atoms with van der Waals surface area (Å²) < 4.78 is 11.2. The summed E-state index contributed by atoms with van der Waals surface area (Å²) in [5.74, 6) is 1.39. The van der Waals surface area contributed by atoms with E-state index < -0.39 is 11.1 Å². The molecule has 3 rings (SSSR count). The van der Waals surface area contributed by atoms with Crippen LogP contribution in [-0.2, 0) is 20.7 Å². The molecule has 1 saturated heterocycles. The Bertz CT molecular complexity index is 1050. The van der Waals surface area contributed by atoms with Gasteiger partial charge >= 0.3 is 0 Å². The van der Waals surface area contributed by atoms with Gasteiger partial charge in [-0.25, -0.2) is 0 Å². The zero-order chi connectivity index (χ0) is 30.2. The molecule has 0 radical (unpaired) electrons. The number of carbonyl (C=O) groups excluding carboxylic acids is 3. The lowest BCUT2D eigenvalue weighted by atomic mass is 9.91. The summed E-state index contributed by atoms with van der Waals surface area (Å²) in [6.45, 7) is 15.7. The van der Waals surface area contributed by atoms with E-state index in [4.69, 9.17) is 9.47 Å². The van der Waals surface area contributed by atoms with Crippen LogP contribution < -0.4 is 20.7 Å². The Balaban J connectivity index is 1.63.